The van der Waals surface area contributed by atoms with Crippen LogP contribution in [-0.4, -0.2) is 43.3 Å². The summed E-state index contributed by atoms with van der Waals surface area (Å²) in [5, 5.41) is 12.6. The first kappa shape index (κ1) is 15.4. The Bertz CT molecular complexity index is 505. The number of pyridine rings is 1. The smallest absolute Gasteiger partial charge is 0.306 e. The Balaban J connectivity index is 2.20. The minimum absolute atomic E-state index is 0.136. The fraction of sp³-hybridized carbons (Fsp3) is 0.600. The molecule has 0 aliphatic heterocycles. The number of anilines is 2. The van der Waals surface area contributed by atoms with E-state index >= 15 is 0 Å². The molecule has 6 nitrogen and oxygen atoms in total. The zero-order valence-electron chi connectivity index (χ0n) is 12.8. The number of nitrogens with zero attached hydrogens (tertiary/aromatic N) is 2. The Hall–Kier alpha value is -1.98. The summed E-state index contributed by atoms with van der Waals surface area (Å²) in [6.07, 6.45) is 5.00. The fourth-order valence-electron chi connectivity index (χ4n) is 2.85. The van der Waals surface area contributed by atoms with Crippen molar-refractivity contribution in [1.82, 2.24) is 4.98 Å². The molecule has 116 valence electrons. The van der Waals surface area contributed by atoms with Crippen LogP contribution in [0.3, 0.4) is 0 Å². The Morgan fingerprint density at radius 3 is 2.86 bits per heavy atom. The first-order valence-electron chi connectivity index (χ1n) is 7.22. The summed E-state index contributed by atoms with van der Waals surface area (Å²) in [6.45, 7) is 0. The van der Waals surface area contributed by atoms with Crippen LogP contribution in [0.5, 0.6) is 5.88 Å². The van der Waals surface area contributed by atoms with E-state index < -0.39 is 5.97 Å². The molecule has 1 fully saturated rings. The van der Waals surface area contributed by atoms with E-state index in [1.807, 2.05) is 25.1 Å². The van der Waals surface area contributed by atoms with E-state index in [0.717, 1.165) is 30.6 Å². The van der Waals surface area contributed by atoms with Crippen LogP contribution in [0.15, 0.2) is 12.3 Å². The number of rotatable bonds is 5. The molecule has 21 heavy (non-hydrogen) atoms. The zero-order valence-corrected chi connectivity index (χ0v) is 12.8. The maximum Gasteiger partial charge on any atom is 0.306 e. The summed E-state index contributed by atoms with van der Waals surface area (Å²) in [5.74, 6) is -0.423. The second kappa shape index (κ2) is 6.65. The Morgan fingerprint density at radius 1 is 1.48 bits per heavy atom. The standard InChI is InChI=1S/C15H23N3O3/c1-18(2)12-7-8-16-14(21-3)13(12)17-11-6-4-5-10(9-11)15(19)20/h7-8,10-11,17H,4-6,9H2,1-3H3,(H,19,20). The number of carbonyl (C=O) groups is 1. The molecule has 6 heteroatoms. The average Bonchev–Trinajstić information content (AvgIpc) is 2.47. The van der Waals surface area contributed by atoms with Crippen molar-refractivity contribution in [2.45, 2.75) is 31.7 Å². The van der Waals surface area contributed by atoms with Gasteiger partial charge in [0.2, 0.25) is 5.88 Å². The van der Waals surface area contributed by atoms with Gasteiger partial charge in [0.1, 0.15) is 5.69 Å². The van der Waals surface area contributed by atoms with E-state index in [-0.39, 0.29) is 12.0 Å². The second-order valence-electron chi connectivity index (χ2n) is 5.65. The van der Waals surface area contributed by atoms with Crippen molar-refractivity contribution in [2.24, 2.45) is 5.92 Å². The lowest BCUT2D eigenvalue weighted by molar-refractivity contribution is -0.142. The van der Waals surface area contributed by atoms with Crippen LogP contribution in [0.25, 0.3) is 0 Å². The molecule has 0 spiro atoms. The molecule has 1 aromatic heterocycles. The largest absolute Gasteiger partial charge is 0.481 e. The number of aliphatic carboxylic acids is 1. The molecular formula is C15H23N3O3. The monoisotopic (exact) mass is 293 g/mol. The zero-order chi connectivity index (χ0) is 15.4. The molecule has 0 radical (unpaired) electrons. The van der Waals surface area contributed by atoms with Crippen molar-refractivity contribution < 1.29 is 14.6 Å². The molecule has 2 unspecified atom stereocenters. The molecule has 1 heterocycles. The SMILES string of the molecule is COc1nccc(N(C)C)c1NC1CCCC(C(=O)O)C1. The van der Waals surface area contributed by atoms with Gasteiger partial charge in [-0.2, -0.15) is 0 Å². The molecule has 0 bridgehead atoms. The second-order valence-corrected chi connectivity index (χ2v) is 5.65. The molecule has 0 saturated heterocycles. The van der Waals surface area contributed by atoms with Gasteiger partial charge >= 0.3 is 5.97 Å². The number of carboxylic acids is 1. The van der Waals surface area contributed by atoms with E-state index in [4.69, 9.17) is 4.74 Å². The molecular weight excluding hydrogens is 270 g/mol. The molecule has 1 aromatic rings. The average molecular weight is 293 g/mol. The van der Waals surface area contributed by atoms with Gasteiger partial charge in [-0.25, -0.2) is 4.98 Å². The van der Waals surface area contributed by atoms with Gasteiger partial charge in [0.05, 0.1) is 18.7 Å². The third-order valence-electron chi connectivity index (χ3n) is 3.94. The first-order chi connectivity index (χ1) is 10.0. The number of nitrogens with one attached hydrogen (secondary N) is 1. The van der Waals surface area contributed by atoms with E-state index in [1.165, 1.54) is 0 Å². The van der Waals surface area contributed by atoms with Crippen molar-refractivity contribution in [1.29, 1.82) is 0 Å². The third kappa shape index (κ3) is 3.56. The molecule has 1 saturated carbocycles. The van der Waals surface area contributed by atoms with Crippen LogP contribution < -0.4 is 15.0 Å². The van der Waals surface area contributed by atoms with Crippen LogP contribution >= 0.6 is 0 Å². The lowest BCUT2D eigenvalue weighted by Crippen LogP contribution is -2.31. The summed E-state index contributed by atoms with van der Waals surface area (Å²) < 4.78 is 5.34. The number of hydrogen-bond donors (Lipinski definition) is 2. The van der Waals surface area contributed by atoms with Crippen molar-refractivity contribution in [3.8, 4) is 5.88 Å². The summed E-state index contributed by atoms with van der Waals surface area (Å²) in [4.78, 5) is 17.4. The minimum atomic E-state index is -0.701. The van der Waals surface area contributed by atoms with Gasteiger partial charge in [0.25, 0.3) is 0 Å². The summed E-state index contributed by atoms with van der Waals surface area (Å²) >= 11 is 0. The highest BCUT2D eigenvalue weighted by molar-refractivity contribution is 5.75. The highest BCUT2D eigenvalue weighted by Crippen LogP contribution is 2.35. The molecule has 2 atom stereocenters. The summed E-state index contributed by atoms with van der Waals surface area (Å²) in [7, 11) is 5.51. The topological polar surface area (TPSA) is 74.7 Å². The highest BCUT2D eigenvalue weighted by atomic mass is 16.5. The number of methoxy groups -OCH3 is 1. The maximum absolute atomic E-state index is 11.2. The molecule has 0 amide bonds. The van der Waals surface area contributed by atoms with E-state index in [0.29, 0.717) is 12.3 Å². The number of ether oxygens (including phenoxy) is 1. The highest BCUT2D eigenvalue weighted by Gasteiger charge is 2.28. The van der Waals surface area contributed by atoms with Crippen molar-refractivity contribution in [3.63, 3.8) is 0 Å². The molecule has 1 aliphatic carbocycles. The van der Waals surface area contributed by atoms with E-state index in [1.54, 1.807) is 13.3 Å². The van der Waals surface area contributed by atoms with Gasteiger partial charge in [-0.1, -0.05) is 6.42 Å². The van der Waals surface area contributed by atoms with Crippen molar-refractivity contribution in [2.75, 3.05) is 31.4 Å². The Labute approximate surface area is 125 Å². The van der Waals surface area contributed by atoms with Crippen LogP contribution in [0.2, 0.25) is 0 Å². The predicted molar refractivity (Wildman–Crippen MR) is 82.1 cm³/mol. The van der Waals surface area contributed by atoms with Gasteiger partial charge in [-0.3, -0.25) is 4.79 Å². The van der Waals surface area contributed by atoms with Crippen LogP contribution in [-0.2, 0) is 4.79 Å². The molecule has 2 N–H and O–H groups in total. The van der Waals surface area contributed by atoms with Crippen LogP contribution in [0.4, 0.5) is 11.4 Å². The van der Waals surface area contributed by atoms with Gasteiger partial charge in [0, 0.05) is 26.3 Å². The summed E-state index contributed by atoms with van der Waals surface area (Å²) in [6, 6.07) is 2.05. The lowest BCUT2D eigenvalue weighted by atomic mass is 9.85. The lowest BCUT2D eigenvalue weighted by Gasteiger charge is -2.30. The predicted octanol–water partition coefficient (Wildman–Crippen LogP) is 2.21. The number of hydrogen-bond acceptors (Lipinski definition) is 5. The van der Waals surface area contributed by atoms with Crippen LogP contribution in [0, 0.1) is 5.92 Å². The van der Waals surface area contributed by atoms with E-state index in [2.05, 4.69) is 10.3 Å². The van der Waals surface area contributed by atoms with Crippen molar-refractivity contribution >= 4 is 17.3 Å². The first-order valence-corrected chi connectivity index (χ1v) is 7.22. The summed E-state index contributed by atoms with van der Waals surface area (Å²) in [5.41, 5.74) is 1.82. The molecule has 0 aromatic carbocycles. The van der Waals surface area contributed by atoms with Crippen LogP contribution in [0.1, 0.15) is 25.7 Å². The van der Waals surface area contributed by atoms with Crippen molar-refractivity contribution in [3.05, 3.63) is 12.3 Å². The van der Waals surface area contributed by atoms with Gasteiger partial charge < -0.3 is 20.1 Å². The molecule has 2 rings (SSSR count). The van der Waals surface area contributed by atoms with Gasteiger partial charge in [-0.15, -0.1) is 0 Å². The Kier molecular flexibility index (Phi) is 4.88. The third-order valence-corrected chi connectivity index (χ3v) is 3.94. The number of aromatic nitrogens is 1. The Morgan fingerprint density at radius 2 is 2.24 bits per heavy atom. The number of carboxylic acid groups (broad SMARTS) is 1. The van der Waals surface area contributed by atoms with Gasteiger partial charge in [-0.05, 0) is 25.3 Å². The fourth-order valence-corrected chi connectivity index (χ4v) is 2.85. The normalized spacial score (nSPS) is 21.7. The van der Waals surface area contributed by atoms with Gasteiger partial charge in [0.15, 0.2) is 0 Å². The minimum Gasteiger partial charge on any atom is -0.481 e. The maximum atomic E-state index is 11.2. The molecule has 1 aliphatic rings. The quantitative estimate of drug-likeness (QED) is 0.867. The van der Waals surface area contributed by atoms with E-state index in [9.17, 15) is 9.90 Å².